The minimum atomic E-state index is -0.598. The van der Waals surface area contributed by atoms with Crippen LogP contribution in [0, 0.1) is 0 Å². The molecule has 170 valence electrons. The standard InChI is InChI=1S/C23H24Cl2N2O4S/c1-5-31-22(28)20-13(2)26-23(32-12-14-6-7-15(24)10-18(14)25)27-21(20)17-9-8-16(29-3)11-19(17)30-4/h6-11,21H,5,12H2,1-4H3,(H,26,27)/t21-/m0/s1. The number of carbonyl (C=O) groups is 1. The average molecular weight is 495 g/mol. The van der Waals surface area contributed by atoms with E-state index in [1.807, 2.05) is 25.1 Å². The van der Waals surface area contributed by atoms with Gasteiger partial charge in [0.25, 0.3) is 0 Å². The summed E-state index contributed by atoms with van der Waals surface area (Å²) in [7, 11) is 3.16. The number of hydrogen-bond acceptors (Lipinski definition) is 7. The molecular weight excluding hydrogens is 471 g/mol. The molecule has 0 saturated carbocycles. The van der Waals surface area contributed by atoms with E-state index in [1.165, 1.54) is 11.8 Å². The summed E-state index contributed by atoms with van der Waals surface area (Å²) in [6.45, 7) is 3.87. The molecule has 1 N–H and O–H groups in total. The number of carbonyl (C=O) groups excluding carboxylic acids is 1. The van der Waals surface area contributed by atoms with Crippen LogP contribution in [0.15, 0.2) is 52.7 Å². The van der Waals surface area contributed by atoms with Crippen LogP contribution in [0.3, 0.4) is 0 Å². The molecule has 0 aromatic heterocycles. The first-order valence-corrected chi connectivity index (χ1v) is 11.6. The molecule has 0 radical (unpaired) electrons. The fourth-order valence-electron chi connectivity index (χ4n) is 3.25. The van der Waals surface area contributed by atoms with Gasteiger partial charge in [0.05, 0.1) is 26.4 Å². The molecule has 9 heteroatoms. The number of esters is 1. The van der Waals surface area contributed by atoms with Gasteiger partial charge < -0.3 is 19.5 Å². The fourth-order valence-corrected chi connectivity index (χ4v) is 4.75. The molecule has 0 amide bonds. The first-order chi connectivity index (χ1) is 15.4. The first-order valence-electron chi connectivity index (χ1n) is 9.89. The zero-order chi connectivity index (χ0) is 23.3. The zero-order valence-corrected chi connectivity index (χ0v) is 20.5. The molecule has 6 nitrogen and oxygen atoms in total. The summed E-state index contributed by atoms with van der Waals surface area (Å²) in [5.41, 5.74) is 2.78. The average Bonchev–Trinajstić information content (AvgIpc) is 2.77. The lowest BCUT2D eigenvalue weighted by Gasteiger charge is -2.27. The molecule has 1 heterocycles. The molecule has 0 aliphatic carbocycles. The number of nitrogens with one attached hydrogen (secondary N) is 1. The predicted octanol–water partition coefficient (Wildman–Crippen LogP) is 5.78. The first kappa shape index (κ1) is 24.3. The maximum atomic E-state index is 12.8. The van der Waals surface area contributed by atoms with Gasteiger partial charge in [-0.15, -0.1) is 0 Å². The van der Waals surface area contributed by atoms with Crippen molar-refractivity contribution in [2.75, 3.05) is 20.8 Å². The molecule has 32 heavy (non-hydrogen) atoms. The summed E-state index contributed by atoms with van der Waals surface area (Å²) in [6, 6.07) is 10.2. The third-order valence-corrected chi connectivity index (χ3v) is 6.35. The molecule has 3 rings (SSSR count). The fraction of sp³-hybridized carbons (Fsp3) is 0.304. The van der Waals surface area contributed by atoms with Gasteiger partial charge in [-0.1, -0.05) is 41.0 Å². The second-order valence-corrected chi connectivity index (χ2v) is 8.66. The van der Waals surface area contributed by atoms with Crippen LogP contribution in [-0.2, 0) is 15.3 Å². The quantitative estimate of drug-likeness (QED) is 0.491. The van der Waals surface area contributed by atoms with Crippen molar-refractivity contribution in [1.29, 1.82) is 0 Å². The number of allylic oxidation sites excluding steroid dienone is 1. The minimum Gasteiger partial charge on any atom is -0.497 e. The number of nitrogens with zero attached hydrogens (tertiary/aromatic N) is 1. The van der Waals surface area contributed by atoms with Crippen molar-refractivity contribution in [1.82, 2.24) is 5.32 Å². The van der Waals surface area contributed by atoms with E-state index in [9.17, 15) is 4.79 Å². The van der Waals surface area contributed by atoms with Gasteiger partial charge in [0, 0.05) is 33.1 Å². The van der Waals surface area contributed by atoms with Gasteiger partial charge in [0.1, 0.15) is 17.5 Å². The van der Waals surface area contributed by atoms with Crippen LogP contribution < -0.4 is 14.8 Å². The van der Waals surface area contributed by atoms with E-state index in [2.05, 4.69) is 5.32 Å². The monoisotopic (exact) mass is 494 g/mol. The highest BCUT2D eigenvalue weighted by Crippen LogP contribution is 2.39. The van der Waals surface area contributed by atoms with Crippen molar-refractivity contribution in [3.8, 4) is 11.5 Å². The van der Waals surface area contributed by atoms with Gasteiger partial charge >= 0.3 is 5.97 Å². The van der Waals surface area contributed by atoms with Crippen molar-refractivity contribution in [2.45, 2.75) is 25.6 Å². The van der Waals surface area contributed by atoms with Gasteiger partial charge in [-0.3, -0.25) is 0 Å². The van der Waals surface area contributed by atoms with E-state index in [4.69, 9.17) is 42.4 Å². The van der Waals surface area contributed by atoms with Crippen molar-refractivity contribution in [3.05, 3.63) is 68.8 Å². The zero-order valence-electron chi connectivity index (χ0n) is 18.2. The Bertz CT molecular complexity index is 1070. The molecule has 1 atom stereocenters. The van der Waals surface area contributed by atoms with Crippen LogP contribution in [0.2, 0.25) is 10.0 Å². The van der Waals surface area contributed by atoms with E-state index < -0.39 is 12.0 Å². The van der Waals surface area contributed by atoms with Crippen LogP contribution in [0.1, 0.15) is 31.0 Å². The van der Waals surface area contributed by atoms with E-state index in [1.54, 1.807) is 39.3 Å². The summed E-state index contributed by atoms with van der Waals surface area (Å²) < 4.78 is 16.2. The van der Waals surface area contributed by atoms with Gasteiger partial charge in [-0.2, -0.15) is 0 Å². The Balaban J connectivity index is 1.97. The molecule has 0 bridgehead atoms. The topological polar surface area (TPSA) is 69.2 Å². The van der Waals surface area contributed by atoms with Crippen molar-refractivity contribution < 1.29 is 19.0 Å². The van der Waals surface area contributed by atoms with E-state index >= 15 is 0 Å². The Morgan fingerprint density at radius 3 is 2.59 bits per heavy atom. The number of halogens is 2. The summed E-state index contributed by atoms with van der Waals surface area (Å²) in [6.07, 6.45) is 0. The Morgan fingerprint density at radius 2 is 1.94 bits per heavy atom. The molecule has 2 aromatic carbocycles. The van der Waals surface area contributed by atoms with Crippen LogP contribution >= 0.6 is 35.0 Å². The van der Waals surface area contributed by atoms with Crippen LogP contribution in [-0.4, -0.2) is 32.0 Å². The number of aliphatic imine (C=N–C) groups is 1. The summed E-state index contributed by atoms with van der Waals surface area (Å²) in [5.74, 6) is 1.37. The second-order valence-electron chi connectivity index (χ2n) is 6.85. The number of rotatable bonds is 7. The van der Waals surface area contributed by atoms with Crippen LogP contribution in [0.25, 0.3) is 0 Å². The normalized spacial score (nSPS) is 15.7. The predicted molar refractivity (Wildman–Crippen MR) is 130 cm³/mol. The Morgan fingerprint density at radius 1 is 1.16 bits per heavy atom. The molecule has 0 fully saturated rings. The molecule has 1 aliphatic heterocycles. The Kier molecular flexibility index (Phi) is 8.34. The van der Waals surface area contributed by atoms with Gasteiger partial charge in [0.2, 0.25) is 0 Å². The van der Waals surface area contributed by atoms with Gasteiger partial charge in [0.15, 0.2) is 5.17 Å². The maximum Gasteiger partial charge on any atom is 0.338 e. The highest BCUT2D eigenvalue weighted by molar-refractivity contribution is 8.13. The smallest absolute Gasteiger partial charge is 0.338 e. The van der Waals surface area contributed by atoms with Crippen LogP contribution in [0.5, 0.6) is 11.5 Å². The largest absolute Gasteiger partial charge is 0.497 e. The Hall–Kier alpha value is -2.35. The number of methoxy groups -OCH3 is 2. The summed E-state index contributed by atoms with van der Waals surface area (Å²) in [5, 5.41) is 5.06. The minimum absolute atomic E-state index is 0.266. The molecule has 0 spiro atoms. The Labute approximate surface area is 201 Å². The van der Waals surface area contributed by atoms with Crippen molar-refractivity contribution >= 4 is 46.1 Å². The number of amidine groups is 1. The van der Waals surface area contributed by atoms with Gasteiger partial charge in [-0.25, -0.2) is 9.79 Å². The third-order valence-electron chi connectivity index (χ3n) is 4.83. The molecule has 2 aromatic rings. The van der Waals surface area contributed by atoms with Crippen molar-refractivity contribution in [3.63, 3.8) is 0 Å². The lowest BCUT2D eigenvalue weighted by Crippen LogP contribution is -2.30. The summed E-state index contributed by atoms with van der Waals surface area (Å²) >= 11 is 13.8. The van der Waals surface area contributed by atoms with Crippen LogP contribution in [0.4, 0.5) is 0 Å². The molecule has 0 unspecified atom stereocenters. The third kappa shape index (κ3) is 5.52. The second kappa shape index (κ2) is 11.0. The molecule has 1 aliphatic rings. The van der Waals surface area contributed by atoms with E-state index in [0.717, 1.165) is 11.1 Å². The number of hydrogen-bond donors (Lipinski definition) is 1. The molecular formula is C23H24Cl2N2O4S. The van der Waals surface area contributed by atoms with Gasteiger partial charge in [-0.05, 0) is 43.7 Å². The van der Waals surface area contributed by atoms with E-state index in [-0.39, 0.29) is 6.61 Å². The summed E-state index contributed by atoms with van der Waals surface area (Å²) in [4.78, 5) is 17.6. The van der Waals surface area contributed by atoms with Crippen molar-refractivity contribution in [2.24, 2.45) is 4.99 Å². The number of benzene rings is 2. The number of thioether (sulfide) groups is 1. The highest BCUT2D eigenvalue weighted by atomic mass is 35.5. The van der Waals surface area contributed by atoms with E-state index in [0.29, 0.717) is 43.7 Å². The SMILES string of the molecule is CCOC(=O)C1=C(C)NC(SCc2ccc(Cl)cc2Cl)=N[C@H]1c1ccc(OC)cc1OC. The highest BCUT2D eigenvalue weighted by Gasteiger charge is 2.32. The lowest BCUT2D eigenvalue weighted by molar-refractivity contribution is -0.138. The number of ether oxygens (including phenoxy) is 3. The lowest BCUT2D eigenvalue weighted by atomic mass is 9.95. The molecule has 0 saturated heterocycles. The maximum absolute atomic E-state index is 12.8.